The molecule has 1 aromatic carbocycles. The number of amides is 1. The van der Waals surface area contributed by atoms with Crippen molar-refractivity contribution < 1.29 is 9.53 Å². The number of nitrogens with zero attached hydrogens (tertiary/aromatic N) is 1. The Kier molecular flexibility index (Phi) is 6.18. The van der Waals surface area contributed by atoms with Crippen LogP contribution in [0.1, 0.15) is 28.8 Å². The van der Waals surface area contributed by atoms with Crippen LogP contribution in [0.25, 0.3) is 0 Å². The Morgan fingerprint density at radius 1 is 1.35 bits per heavy atom. The van der Waals surface area contributed by atoms with Gasteiger partial charge in [-0.2, -0.15) is 11.3 Å². The number of morpholine rings is 1. The van der Waals surface area contributed by atoms with E-state index in [9.17, 15) is 4.79 Å². The standard InChI is InChI=1S/C17H20N2O2S.ClH/c1-12-2-4-13(5-3-12)16(18)17(20)19-7-8-21-15(10-19)14-6-9-22-11-14;/h2-6,9,11,15-16H,7-8,10,18H2,1H3;1H. The Bertz CT molecular complexity index is 631. The highest BCUT2D eigenvalue weighted by molar-refractivity contribution is 7.07. The molecule has 23 heavy (non-hydrogen) atoms. The van der Waals surface area contributed by atoms with E-state index in [0.29, 0.717) is 19.7 Å². The van der Waals surface area contributed by atoms with Crippen molar-refractivity contribution in [1.29, 1.82) is 0 Å². The summed E-state index contributed by atoms with van der Waals surface area (Å²) in [6, 6.07) is 9.25. The van der Waals surface area contributed by atoms with Gasteiger partial charge in [0.15, 0.2) is 0 Å². The molecule has 1 aliphatic heterocycles. The third kappa shape index (κ3) is 4.12. The lowest BCUT2D eigenvalue weighted by Gasteiger charge is -2.34. The van der Waals surface area contributed by atoms with E-state index >= 15 is 0 Å². The number of benzene rings is 1. The minimum absolute atomic E-state index is 0. The van der Waals surface area contributed by atoms with Crippen molar-refractivity contribution in [2.45, 2.75) is 19.1 Å². The Balaban J connectivity index is 0.00000192. The van der Waals surface area contributed by atoms with Crippen LogP contribution in [0.2, 0.25) is 0 Å². The molecule has 2 aromatic rings. The third-order valence-electron chi connectivity index (χ3n) is 4.00. The number of halogens is 1. The van der Waals surface area contributed by atoms with Gasteiger partial charge in [0, 0.05) is 6.54 Å². The first-order chi connectivity index (χ1) is 10.6. The summed E-state index contributed by atoms with van der Waals surface area (Å²) in [6.45, 7) is 3.73. The topological polar surface area (TPSA) is 55.6 Å². The molecule has 2 heterocycles. The van der Waals surface area contributed by atoms with Crippen LogP contribution >= 0.6 is 23.7 Å². The quantitative estimate of drug-likeness (QED) is 0.923. The van der Waals surface area contributed by atoms with E-state index in [1.807, 2.05) is 47.5 Å². The SMILES string of the molecule is Cc1ccc(C(N)C(=O)N2CCOC(c3ccsc3)C2)cc1.Cl. The highest BCUT2D eigenvalue weighted by Crippen LogP contribution is 2.25. The fraction of sp³-hybridized carbons (Fsp3) is 0.353. The number of ether oxygens (including phenoxy) is 1. The largest absolute Gasteiger partial charge is 0.370 e. The van der Waals surface area contributed by atoms with Gasteiger partial charge in [-0.25, -0.2) is 0 Å². The van der Waals surface area contributed by atoms with Crippen molar-refractivity contribution in [2.24, 2.45) is 5.73 Å². The van der Waals surface area contributed by atoms with Gasteiger partial charge in [-0.3, -0.25) is 4.79 Å². The monoisotopic (exact) mass is 352 g/mol. The van der Waals surface area contributed by atoms with Gasteiger partial charge in [0.1, 0.15) is 12.1 Å². The second kappa shape index (κ2) is 7.93. The highest BCUT2D eigenvalue weighted by Gasteiger charge is 2.29. The summed E-state index contributed by atoms with van der Waals surface area (Å²) in [4.78, 5) is 14.5. The minimum atomic E-state index is -0.609. The molecule has 2 N–H and O–H groups in total. The van der Waals surface area contributed by atoms with Crippen LogP contribution in [0.15, 0.2) is 41.1 Å². The molecule has 2 atom stereocenters. The molecular weight excluding hydrogens is 332 g/mol. The Morgan fingerprint density at radius 3 is 2.74 bits per heavy atom. The van der Waals surface area contributed by atoms with E-state index in [-0.39, 0.29) is 24.4 Å². The predicted molar refractivity (Wildman–Crippen MR) is 94.9 cm³/mol. The summed E-state index contributed by atoms with van der Waals surface area (Å²) in [6.07, 6.45) is -0.0471. The van der Waals surface area contributed by atoms with Gasteiger partial charge in [-0.1, -0.05) is 29.8 Å². The first kappa shape index (κ1) is 17.9. The van der Waals surface area contributed by atoms with E-state index in [1.165, 1.54) is 0 Å². The molecule has 1 aromatic heterocycles. The molecule has 6 heteroatoms. The first-order valence-corrected chi connectivity index (χ1v) is 8.34. The van der Waals surface area contributed by atoms with E-state index in [0.717, 1.165) is 16.7 Å². The number of hydrogen-bond acceptors (Lipinski definition) is 4. The summed E-state index contributed by atoms with van der Waals surface area (Å²) in [7, 11) is 0. The minimum Gasteiger partial charge on any atom is -0.370 e. The molecule has 1 amide bonds. The van der Waals surface area contributed by atoms with Crippen molar-refractivity contribution in [3.05, 3.63) is 57.8 Å². The molecule has 0 aliphatic carbocycles. The second-order valence-electron chi connectivity index (χ2n) is 5.59. The lowest BCUT2D eigenvalue weighted by molar-refractivity contribution is -0.140. The van der Waals surface area contributed by atoms with Crippen LogP contribution in [0.4, 0.5) is 0 Å². The molecule has 0 bridgehead atoms. The number of hydrogen-bond donors (Lipinski definition) is 1. The number of aryl methyl sites for hydroxylation is 1. The van der Waals surface area contributed by atoms with E-state index in [2.05, 4.69) is 5.38 Å². The number of carbonyl (C=O) groups is 1. The summed E-state index contributed by atoms with van der Waals surface area (Å²) in [5.74, 6) is -0.0348. The summed E-state index contributed by atoms with van der Waals surface area (Å²) >= 11 is 1.64. The van der Waals surface area contributed by atoms with Gasteiger partial charge >= 0.3 is 0 Å². The summed E-state index contributed by atoms with van der Waals surface area (Å²) in [5, 5.41) is 4.09. The zero-order chi connectivity index (χ0) is 15.5. The second-order valence-corrected chi connectivity index (χ2v) is 6.37. The van der Waals surface area contributed by atoms with Crippen molar-refractivity contribution in [2.75, 3.05) is 19.7 Å². The van der Waals surface area contributed by atoms with Crippen molar-refractivity contribution in [3.63, 3.8) is 0 Å². The molecule has 1 aliphatic rings. The Morgan fingerprint density at radius 2 is 2.09 bits per heavy atom. The molecule has 0 radical (unpaired) electrons. The van der Waals surface area contributed by atoms with E-state index < -0.39 is 6.04 Å². The molecule has 4 nitrogen and oxygen atoms in total. The molecular formula is C17H21ClN2O2S. The van der Waals surface area contributed by atoms with Crippen molar-refractivity contribution in [1.82, 2.24) is 4.90 Å². The molecule has 3 rings (SSSR count). The third-order valence-corrected chi connectivity index (χ3v) is 4.70. The van der Waals surface area contributed by atoms with Crippen molar-refractivity contribution >= 4 is 29.7 Å². The lowest BCUT2D eigenvalue weighted by atomic mass is 10.0. The predicted octanol–water partition coefficient (Wildman–Crippen LogP) is 3.08. The Labute approximate surface area is 146 Å². The van der Waals surface area contributed by atoms with E-state index in [4.69, 9.17) is 10.5 Å². The fourth-order valence-electron chi connectivity index (χ4n) is 2.62. The maximum Gasteiger partial charge on any atom is 0.244 e. The first-order valence-electron chi connectivity index (χ1n) is 7.40. The fourth-order valence-corrected chi connectivity index (χ4v) is 3.32. The van der Waals surface area contributed by atoms with Gasteiger partial charge in [0.05, 0.1) is 13.2 Å². The van der Waals surface area contributed by atoms with Crippen LogP contribution in [0, 0.1) is 6.92 Å². The maximum absolute atomic E-state index is 12.6. The normalized spacial score (nSPS) is 19.0. The lowest BCUT2D eigenvalue weighted by Crippen LogP contribution is -2.46. The van der Waals surface area contributed by atoms with E-state index in [1.54, 1.807) is 11.3 Å². The maximum atomic E-state index is 12.6. The van der Waals surface area contributed by atoms with Gasteiger partial charge < -0.3 is 15.4 Å². The highest BCUT2D eigenvalue weighted by atomic mass is 35.5. The Hall–Kier alpha value is -1.40. The molecule has 0 spiro atoms. The number of nitrogens with two attached hydrogens (primary N) is 1. The number of rotatable bonds is 3. The van der Waals surface area contributed by atoms with Gasteiger partial charge in [-0.15, -0.1) is 12.4 Å². The van der Waals surface area contributed by atoms with Crippen LogP contribution < -0.4 is 5.73 Å². The van der Waals surface area contributed by atoms with Crippen LogP contribution in [0.5, 0.6) is 0 Å². The summed E-state index contributed by atoms with van der Waals surface area (Å²) in [5.41, 5.74) is 9.30. The number of thiophene rings is 1. The molecule has 124 valence electrons. The smallest absolute Gasteiger partial charge is 0.244 e. The molecule has 2 unspecified atom stereocenters. The van der Waals surface area contributed by atoms with Gasteiger partial charge in [0.2, 0.25) is 5.91 Å². The van der Waals surface area contributed by atoms with Gasteiger partial charge in [-0.05, 0) is 34.9 Å². The van der Waals surface area contributed by atoms with Crippen LogP contribution in [-0.4, -0.2) is 30.5 Å². The zero-order valence-corrected chi connectivity index (χ0v) is 14.6. The molecule has 1 saturated heterocycles. The summed E-state index contributed by atoms with van der Waals surface area (Å²) < 4.78 is 5.78. The van der Waals surface area contributed by atoms with Crippen LogP contribution in [-0.2, 0) is 9.53 Å². The van der Waals surface area contributed by atoms with Crippen LogP contribution in [0.3, 0.4) is 0 Å². The average molecular weight is 353 g/mol. The number of carbonyl (C=O) groups excluding carboxylic acids is 1. The molecule has 1 fully saturated rings. The molecule has 0 saturated carbocycles. The zero-order valence-electron chi connectivity index (χ0n) is 13.0. The average Bonchev–Trinajstić information content (AvgIpc) is 3.09. The van der Waals surface area contributed by atoms with Crippen molar-refractivity contribution in [3.8, 4) is 0 Å². The van der Waals surface area contributed by atoms with Gasteiger partial charge in [0.25, 0.3) is 0 Å².